The Kier molecular flexibility index (Phi) is 5.02. The lowest BCUT2D eigenvalue weighted by Crippen LogP contribution is -2.42. The third-order valence-electron chi connectivity index (χ3n) is 3.84. The maximum atomic E-state index is 10.3. The number of rotatable bonds is 6. The van der Waals surface area contributed by atoms with Crippen LogP contribution in [0.2, 0.25) is 0 Å². The van der Waals surface area contributed by atoms with Crippen molar-refractivity contribution in [1.29, 1.82) is 0 Å². The summed E-state index contributed by atoms with van der Waals surface area (Å²) in [6, 6.07) is 5.01. The molecule has 0 fully saturated rings. The fraction of sp³-hybridized carbons (Fsp3) is 0.600. The molecule has 0 bridgehead atoms. The highest BCUT2D eigenvalue weighted by atomic mass is 16.5. The van der Waals surface area contributed by atoms with E-state index in [-0.39, 0.29) is 18.1 Å². The molecule has 0 aliphatic rings. The molecule has 0 saturated heterocycles. The van der Waals surface area contributed by atoms with E-state index in [0.717, 1.165) is 0 Å². The van der Waals surface area contributed by atoms with Gasteiger partial charge in [0.15, 0.2) is 11.5 Å². The van der Waals surface area contributed by atoms with Crippen LogP contribution in [0.5, 0.6) is 11.5 Å². The lowest BCUT2D eigenvalue weighted by molar-refractivity contribution is 0.00829. The van der Waals surface area contributed by atoms with E-state index >= 15 is 0 Å². The zero-order chi connectivity index (χ0) is 15.6. The molecule has 0 radical (unpaired) electrons. The van der Waals surface area contributed by atoms with Crippen LogP contribution in [0.25, 0.3) is 0 Å². The van der Waals surface area contributed by atoms with Gasteiger partial charge in [-0.1, -0.05) is 26.0 Å². The Morgan fingerprint density at radius 3 is 2.30 bits per heavy atom. The standard InChI is InChI=1S/C15H24O5/c1-14(2,15(3,4)19)11-6-5-7-12(13(11)18)20-9-10(17)8-16/h5-7,10,16-19H,8-9H2,1-4H3. The van der Waals surface area contributed by atoms with Gasteiger partial charge in [-0.05, 0) is 19.9 Å². The SMILES string of the molecule is CC(C)(O)C(C)(C)c1cccc(OCC(O)CO)c1O. The van der Waals surface area contributed by atoms with Crippen molar-refractivity contribution in [3.8, 4) is 11.5 Å². The van der Waals surface area contributed by atoms with Gasteiger partial charge in [-0.25, -0.2) is 0 Å². The number of benzene rings is 1. The van der Waals surface area contributed by atoms with Gasteiger partial charge < -0.3 is 25.2 Å². The predicted molar refractivity (Wildman–Crippen MR) is 76.0 cm³/mol. The molecule has 114 valence electrons. The number of hydrogen-bond donors (Lipinski definition) is 4. The maximum Gasteiger partial charge on any atom is 0.161 e. The second-order valence-corrected chi connectivity index (χ2v) is 5.98. The molecule has 1 atom stereocenters. The van der Waals surface area contributed by atoms with E-state index in [2.05, 4.69) is 0 Å². The van der Waals surface area contributed by atoms with E-state index in [1.807, 2.05) is 13.8 Å². The van der Waals surface area contributed by atoms with Gasteiger partial charge in [0.2, 0.25) is 0 Å². The lowest BCUT2D eigenvalue weighted by atomic mass is 9.71. The van der Waals surface area contributed by atoms with Crippen LogP contribution in [0.1, 0.15) is 33.3 Å². The lowest BCUT2D eigenvalue weighted by Gasteiger charge is -2.38. The second kappa shape index (κ2) is 5.99. The molecule has 20 heavy (non-hydrogen) atoms. The van der Waals surface area contributed by atoms with E-state index in [0.29, 0.717) is 5.56 Å². The zero-order valence-electron chi connectivity index (χ0n) is 12.4. The second-order valence-electron chi connectivity index (χ2n) is 5.98. The molecule has 0 aliphatic heterocycles. The van der Waals surface area contributed by atoms with Crippen LogP contribution in [-0.4, -0.2) is 45.3 Å². The summed E-state index contributed by atoms with van der Waals surface area (Å²) in [6.45, 7) is 6.49. The summed E-state index contributed by atoms with van der Waals surface area (Å²) in [7, 11) is 0. The minimum absolute atomic E-state index is 0.0650. The smallest absolute Gasteiger partial charge is 0.161 e. The quantitative estimate of drug-likeness (QED) is 0.629. The molecule has 0 saturated carbocycles. The maximum absolute atomic E-state index is 10.3. The molecular weight excluding hydrogens is 260 g/mol. The van der Waals surface area contributed by atoms with Gasteiger partial charge in [-0.2, -0.15) is 0 Å². The Labute approximate surface area is 119 Å². The number of aliphatic hydroxyl groups is 3. The van der Waals surface area contributed by atoms with E-state index in [1.165, 1.54) is 0 Å². The molecule has 5 heteroatoms. The van der Waals surface area contributed by atoms with E-state index in [9.17, 15) is 15.3 Å². The van der Waals surface area contributed by atoms with Gasteiger partial charge in [0.05, 0.1) is 12.2 Å². The normalized spacial score (nSPS) is 14.2. The largest absolute Gasteiger partial charge is 0.504 e. The fourth-order valence-electron chi connectivity index (χ4n) is 1.71. The molecule has 5 nitrogen and oxygen atoms in total. The average Bonchev–Trinajstić information content (AvgIpc) is 2.35. The first kappa shape index (κ1) is 16.8. The minimum atomic E-state index is -1.03. The summed E-state index contributed by atoms with van der Waals surface area (Å²) >= 11 is 0. The number of hydrogen-bond acceptors (Lipinski definition) is 5. The summed E-state index contributed by atoms with van der Waals surface area (Å²) < 4.78 is 5.30. The fourth-order valence-corrected chi connectivity index (χ4v) is 1.71. The van der Waals surface area contributed by atoms with Gasteiger partial charge in [0.1, 0.15) is 12.7 Å². The van der Waals surface area contributed by atoms with Crippen molar-refractivity contribution in [3.63, 3.8) is 0 Å². The molecule has 1 rings (SSSR count). The van der Waals surface area contributed by atoms with Gasteiger partial charge >= 0.3 is 0 Å². The molecule has 0 aromatic heterocycles. The number of phenols is 1. The van der Waals surface area contributed by atoms with Crippen LogP contribution < -0.4 is 4.74 Å². The summed E-state index contributed by atoms with van der Waals surface area (Å²) in [6.07, 6.45) is -1.000. The molecular formula is C15H24O5. The van der Waals surface area contributed by atoms with Crippen molar-refractivity contribution in [2.24, 2.45) is 0 Å². The van der Waals surface area contributed by atoms with Crippen LogP contribution in [0.15, 0.2) is 18.2 Å². The molecule has 0 heterocycles. The monoisotopic (exact) mass is 284 g/mol. The van der Waals surface area contributed by atoms with Crippen LogP contribution >= 0.6 is 0 Å². The molecule has 0 aliphatic carbocycles. The summed E-state index contributed by atoms with van der Waals surface area (Å²) in [5, 5.41) is 38.6. The number of ether oxygens (including phenoxy) is 1. The first-order valence-corrected chi connectivity index (χ1v) is 6.57. The number of aliphatic hydroxyl groups excluding tert-OH is 2. The van der Waals surface area contributed by atoms with Gasteiger partial charge in [0.25, 0.3) is 0 Å². The van der Waals surface area contributed by atoms with Crippen LogP contribution in [0.3, 0.4) is 0 Å². The summed E-state index contributed by atoms with van der Waals surface area (Å²) in [5.74, 6) is 0.150. The molecule has 4 N–H and O–H groups in total. The zero-order valence-corrected chi connectivity index (χ0v) is 12.4. The van der Waals surface area contributed by atoms with E-state index < -0.39 is 23.7 Å². The Bertz CT molecular complexity index is 448. The topological polar surface area (TPSA) is 90.2 Å². The molecule has 0 amide bonds. The highest BCUT2D eigenvalue weighted by Crippen LogP contribution is 2.42. The first-order chi connectivity index (χ1) is 9.11. The van der Waals surface area contributed by atoms with Crippen molar-refractivity contribution < 1.29 is 25.2 Å². The third-order valence-corrected chi connectivity index (χ3v) is 3.84. The Morgan fingerprint density at radius 2 is 1.80 bits per heavy atom. The highest BCUT2D eigenvalue weighted by Gasteiger charge is 2.39. The Morgan fingerprint density at radius 1 is 1.20 bits per heavy atom. The van der Waals surface area contributed by atoms with Crippen molar-refractivity contribution in [2.75, 3.05) is 13.2 Å². The Balaban J connectivity index is 3.07. The predicted octanol–water partition coefficient (Wildman–Crippen LogP) is 1.17. The number of para-hydroxylation sites is 1. The highest BCUT2D eigenvalue weighted by molar-refractivity contribution is 5.49. The molecule has 1 unspecified atom stereocenters. The molecule has 1 aromatic carbocycles. The van der Waals surface area contributed by atoms with Crippen molar-refractivity contribution in [3.05, 3.63) is 23.8 Å². The van der Waals surface area contributed by atoms with Crippen LogP contribution in [0, 0.1) is 0 Å². The minimum Gasteiger partial charge on any atom is -0.504 e. The third kappa shape index (κ3) is 3.42. The Hall–Kier alpha value is -1.30. The van der Waals surface area contributed by atoms with Crippen LogP contribution in [-0.2, 0) is 5.41 Å². The van der Waals surface area contributed by atoms with Gasteiger partial charge in [-0.15, -0.1) is 0 Å². The first-order valence-electron chi connectivity index (χ1n) is 6.57. The van der Waals surface area contributed by atoms with Crippen LogP contribution in [0.4, 0.5) is 0 Å². The van der Waals surface area contributed by atoms with Crippen molar-refractivity contribution in [1.82, 2.24) is 0 Å². The van der Waals surface area contributed by atoms with Crippen molar-refractivity contribution in [2.45, 2.75) is 44.8 Å². The summed E-state index contributed by atoms with van der Waals surface area (Å²) in [4.78, 5) is 0. The van der Waals surface area contributed by atoms with Gasteiger partial charge in [0, 0.05) is 11.0 Å². The number of aromatic hydroxyl groups is 1. The van der Waals surface area contributed by atoms with Crippen molar-refractivity contribution >= 4 is 0 Å². The van der Waals surface area contributed by atoms with Gasteiger partial charge in [-0.3, -0.25) is 0 Å². The summed E-state index contributed by atoms with van der Waals surface area (Å²) in [5.41, 5.74) is -1.17. The van der Waals surface area contributed by atoms with E-state index in [4.69, 9.17) is 9.84 Å². The molecule has 0 spiro atoms. The number of phenolic OH excluding ortho intramolecular Hbond substituents is 1. The van der Waals surface area contributed by atoms with E-state index in [1.54, 1.807) is 32.0 Å². The average molecular weight is 284 g/mol. The molecule has 1 aromatic rings.